The Balaban J connectivity index is 2.51. The van der Waals surface area contributed by atoms with E-state index < -0.39 is 0 Å². The second-order valence-corrected chi connectivity index (χ2v) is 4.93. The third-order valence-electron chi connectivity index (χ3n) is 2.56. The topological polar surface area (TPSA) is 66.6 Å². The van der Waals surface area contributed by atoms with Crippen LogP contribution in [0.2, 0.25) is 0 Å². The standard InChI is InChI=1S/C14H17IN2O4/c1-4-18-10-7-9(13-16-14(15)17-21-13)8-11(19-5-2)12(10)20-6-3/h7-8H,4-6H2,1-3H3. The van der Waals surface area contributed by atoms with Gasteiger partial charge in [-0.3, -0.25) is 0 Å². The van der Waals surface area contributed by atoms with Crippen molar-refractivity contribution in [1.82, 2.24) is 10.1 Å². The molecule has 1 aromatic carbocycles. The average molecular weight is 404 g/mol. The molecule has 0 aliphatic rings. The van der Waals surface area contributed by atoms with Crippen LogP contribution in [0.3, 0.4) is 0 Å². The predicted molar refractivity (Wildman–Crippen MR) is 86.0 cm³/mol. The molecular formula is C14H17IN2O4. The molecule has 2 aromatic rings. The Morgan fingerprint density at radius 1 is 1.00 bits per heavy atom. The van der Waals surface area contributed by atoms with Gasteiger partial charge in [0.2, 0.25) is 9.58 Å². The summed E-state index contributed by atoms with van der Waals surface area (Å²) in [6.45, 7) is 7.32. The van der Waals surface area contributed by atoms with E-state index in [1.54, 1.807) is 0 Å². The Bertz CT molecular complexity index is 573. The molecule has 114 valence electrons. The van der Waals surface area contributed by atoms with Crippen molar-refractivity contribution >= 4 is 22.6 Å². The van der Waals surface area contributed by atoms with Crippen molar-refractivity contribution < 1.29 is 18.7 Å². The molecule has 0 bridgehead atoms. The van der Waals surface area contributed by atoms with Crippen LogP contribution in [0.15, 0.2) is 16.7 Å². The molecule has 21 heavy (non-hydrogen) atoms. The van der Waals surface area contributed by atoms with Gasteiger partial charge in [-0.05, 0) is 32.9 Å². The highest BCUT2D eigenvalue weighted by atomic mass is 127. The minimum absolute atomic E-state index is 0.421. The van der Waals surface area contributed by atoms with Gasteiger partial charge >= 0.3 is 0 Å². The maximum atomic E-state index is 5.65. The van der Waals surface area contributed by atoms with Gasteiger partial charge in [-0.25, -0.2) is 0 Å². The molecule has 0 amide bonds. The molecule has 0 saturated heterocycles. The van der Waals surface area contributed by atoms with E-state index in [4.69, 9.17) is 18.7 Å². The first-order chi connectivity index (χ1) is 10.2. The van der Waals surface area contributed by atoms with Crippen LogP contribution < -0.4 is 14.2 Å². The molecule has 0 saturated carbocycles. The fourth-order valence-corrected chi connectivity index (χ4v) is 2.15. The van der Waals surface area contributed by atoms with Gasteiger partial charge in [0.15, 0.2) is 11.5 Å². The van der Waals surface area contributed by atoms with E-state index in [2.05, 4.69) is 10.1 Å². The highest BCUT2D eigenvalue weighted by Crippen LogP contribution is 2.41. The van der Waals surface area contributed by atoms with E-state index >= 15 is 0 Å². The van der Waals surface area contributed by atoms with Crippen LogP contribution in [0.5, 0.6) is 17.2 Å². The summed E-state index contributed by atoms with van der Waals surface area (Å²) >= 11 is 1.99. The van der Waals surface area contributed by atoms with Crippen molar-refractivity contribution in [1.29, 1.82) is 0 Å². The molecule has 2 rings (SSSR count). The second-order valence-electron chi connectivity index (χ2n) is 3.97. The minimum atomic E-state index is 0.421. The molecule has 0 N–H and O–H groups in total. The molecule has 7 heteroatoms. The molecule has 0 atom stereocenters. The Hall–Kier alpha value is -1.51. The van der Waals surface area contributed by atoms with Crippen molar-refractivity contribution in [3.8, 4) is 28.7 Å². The summed E-state index contributed by atoms with van der Waals surface area (Å²) < 4.78 is 22.7. The molecule has 1 aromatic heterocycles. The lowest BCUT2D eigenvalue weighted by atomic mass is 10.1. The van der Waals surface area contributed by atoms with Crippen molar-refractivity contribution in [2.24, 2.45) is 0 Å². The molecule has 6 nitrogen and oxygen atoms in total. The van der Waals surface area contributed by atoms with Crippen molar-refractivity contribution in [3.05, 3.63) is 16.0 Å². The number of aromatic nitrogens is 2. The number of hydrogen-bond acceptors (Lipinski definition) is 6. The first-order valence-corrected chi connectivity index (χ1v) is 7.83. The SMILES string of the molecule is CCOc1cc(-c2nc(I)no2)cc(OCC)c1OCC. The summed E-state index contributed by atoms with van der Waals surface area (Å²) in [7, 11) is 0. The zero-order chi connectivity index (χ0) is 15.2. The van der Waals surface area contributed by atoms with Crippen LogP contribution in [0.4, 0.5) is 0 Å². The largest absolute Gasteiger partial charge is 0.490 e. The number of halogens is 1. The fraction of sp³-hybridized carbons (Fsp3) is 0.429. The Morgan fingerprint density at radius 3 is 2.00 bits per heavy atom. The lowest BCUT2D eigenvalue weighted by Crippen LogP contribution is -2.03. The fourth-order valence-electron chi connectivity index (χ4n) is 1.83. The van der Waals surface area contributed by atoms with Crippen molar-refractivity contribution in [2.75, 3.05) is 19.8 Å². The first-order valence-electron chi connectivity index (χ1n) is 6.75. The lowest BCUT2D eigenvalue weighted by Gasteiger charge is -2.16. The van der Waals surface area contributed by atoms with Gasteiger partial charge in [0.05, 0.1) is 19.8 Å². The smallest absolute Gasteiger partial charge is 0.258 e. The van der Waals surface area contributed by atoms with E-state index in [0.717, 1.165) is 5.56 Å². The van der Waals surface area contributed by atoms with Crippen LogP contribution in [-0.2, 0) is 0 Å². The van der Waals surface area contributed by atoms with E-state index in [9.17, 15) is 0 Å². The number of ether oxygens (including phenoxy) is 3. The third kappa shape index (κ3) is 3.78. The van der Waals surface area contributed by atoms with Crippen molar-refractivity contribution in [2.45, 2.75) is 20.8 Å². The van der Waals surface area contributed by atoms with E-state index in [1.807, 2.05) is 55.5 Å². The Labute approximate surface area is 136 Å². The molecule has 0 spiro atoms. The Kier molecular flexibility index (Phi) is 5.66. The van der Waals surface area contributed by atoms with E-state index in [1.165, 1.54) is 0 Å². The monoisotopic (exact) mass is 404 g/mol. The average Bonchev–Trinajstić information content (AvgIpc) is 2.89. The number of rotatable bonds is 7. The van der Waals surface area contributed by atoms with Crippen LogP contribution in [0.25, 0.3) is 11.5 Å². The quantitative estimate of drug-likeness (QED) is 0.658. The second kappa shape index (κ2) is 7.48. The summed E-state index contributed by atoms with van der Waals surface area (Å²) in [6, 6.07) is 3.64. The Morgan fingerprint density at radius 2 is 1.57 bits per heavy atom. The number of benzene rings is 1. The maximum absolute atomic E-state index is 5.65. The van der Waals surface area contributed by atoms with Crippen LogP contribution in [0.1, 0.15) is 20.8 Å². The molecule has 0 aliphatic carbocycles. The predicted octanol–water partition coefficient (Wildman–Crippen LogP) is 3.54. The number of hydrogen-bond donors (Lipinski definition) is 0. The third-order valence-corrected chi connectivity index (χ3v) is 3.00. The van der Waals surface area contributed by atoms with Crippen molar-refractivity contribution in [3.63, 3.8) is 0 Å². The molecular weight excluding hydrogens is 387 g/mol. The summed E-state index contributed by atoms with van der Waals surface area (Å²) in [5.74, 6) is 2.23. The highest BCUT2D eigenvalue weighted by molar-refractivity contribution is 14.1. The van der Waals surface area contributed by atoms with Crippen LogP contribution in [-0.4, -0.2) is 30.0 Å². The van der Waals surface area contributed by atoms with E-state index in [0.29, 0.717) is 46.8 Å². The first kappa shape index (κ1) is 15.9. The summed E-state index contributed by atoms with van der Waals surface area (Å²) in [6.07, 6.45) is 0. The van der Waals surface area contributed by atoms with E-state index in [-0.39, 0.29) is 0 Å². The normalized spacial score (nSPS) is 10.5. The van der Waals surface area contributed by atoms with Gasteiger partial charge in [-0.15, -0.1) is 0 Å². The highest BCUT2D eigenvalue weighted by Gasteiger charge is 2.18. The zero-order valence-electron chi connectivity index (χ0n) is 12.2. The minimum Gasteiger partial charge on any atom is -0.490 e. The molecule has 0 unspecified atom stereocenters. The maximum Gasteiger partial charge on any atom is 0.258 e. The number of nitrogens with zero attached hydrogens (tertiary/aromatic N) is 2. The van der Waals surface area contributed by atoms with Gasteiger partial charge in [-0.2, -0.15) is 4.98 Å². The molecule has 0 aliphatic heterocycles. The molecule has 0 fully saturated rings. The van der Waals surface area contributed by atoms with Crippen LogP contribution in [0, 0.1) is 3.83 Å². The van der Waals surface area contributed by atoms with Gasteiger partial charge in [0.25, 0.3) is 5.89 Å². The van der Waals surface area contributed by atoms with Gasteiger partial charge in [-0.1, -0.05) is 5.16 Å². The van der Waals surface area contributed by atoms with Gasteiger partial charge in [0.1, 0.15) is 0 Å². The molecule has 1 heterocycles. The van der Waals surface area contributed by atoms with Gasteiger partial charge in [0, 0.05) is 28.2 Å². The van der Waals surface area contributed by atoms with Crippen LogP contribution >= 0.6 is 22.6 Å². The van der Waals surface area contributed by atoms with Gasteiger partial charge < -0.3 is 18.7 Å². The summed E-state index contributed by atoms with van der Waals surface area (Å²) in [4.78, 5) is 4.22. The molecule has 0 radical (unpaired) electrons. The zero-order valence-corrected chi connectivity index (χ0v) is 14.3. The summed E-state index contributed by atoms with van der Waals surface area (Å²) in [5, 5.41) is 3.79. The summed E-state index contributed by atoms with van der Waals surface area (Å²) in [5.41, 5.74) is 0.737. The lowest BCUT2D eigenvalue weighted by molar-refractivity contribution is 0.261.